The third-order valence-corrected chi connectivity index (χ3v) is 4.59. The topological polar surface area (TPSA) is 118 Å². The minimum absolute atomic E-state index is 0.00147. The maximum Gasteiger partial charge on any atom is 0.312 e. The van der Waals surface area contributed by atoms with E-state index in [1.54, 1.807) is 42.5 Å². The molecule has 29 heavy (non-hydrogen) atoms. The lowest BCUT2D eigenvalue weighted by molar-refractivity contribution is -0.101. The Morgan fingerprint density at radius 3 is 2.24 bits per heavy atom. The first kappa shape index (κ1) is 17.0. The summed E-state index contributed by atoms with van der Waals surface area (Å²) < 4.78 is 6.61. The van der Waals surface area contributed by atoms with Crippen molar-refractivity contribution in [3.63, 3.8) is 0 Å². The van der Waals surface area contributed by atoms with E-state index in [1.165, 1.54) is 12.1 Å². The lowest BCUT2D eigenvalue weighted by atomic mass is 10.1. The van der Waals surface area contributed by atoms with E-state index in [1.807, 2.05) is 0 Å². The van der Waals surface area contributed by atoms with Gasteiger partial charge in [-0.2, -0.15) is 4.98 Å². The fourth-order valence-corrected chi connectivity index (χ4v) is 3.18. The van der Waals surface area contributed by atoms with Gasteiger partial charge in [0.2, 0.25) is 11.8 Å². The second-order valence-electron chi connectivity index (χ2n) is 6.41. The Balaban J connectivity index is 1.38. The van der Waals surface area contributed by atoms with Gasteiger partial charge in [-0.25, -0.2) is 4.57 Å². The zero-order chi connectivity index (χ0) is 20.1. The number of aromatic nitrogens is 2. The molecule has 5 rings (SSSR count). The summed E-state index contributed by atoms with van der Waals surface area (Å²) in [6.07, 6.45) is 0. The molecule has 4 aromatic rings. The van der Waals surface area contributed by atoms with Gasteiger partial charge >= 0.3 is 6.01 Å². The molecule has 3 heterocycles. The molecule has 0 radical (unpaired) electrons. The smallest absolute Gasteiger partial charge is 0.312 e. The van der Waals surface area contributed by atoms with Gasteiger partial charge in [-0.3, -0.25) is 14.4 Å². The van der Waals surface area contributed by atoms with Gasteiger partial charge in [0.1, 0.15) is 12.1 Å². The summed E-state index contributed by atoms with van der Waals surface area (Å²) >= 11 is 0. The summed E-state index contributed by atoms with van der Waals surface area (Å²) in [6, 6.07) is 14.2. The van der Waals surface area contributed by atoms with E-state index in [0.717, 1.165) is 9.63 Å². The van der Waals surface area contributed by atoms with Gasteiger partial charge < -0.3 is 14.6 Å². The molecule has 2 aromatic carbocycles. The highest BCUT2D eigenvalue weighted by Gasteiger charge is 2.36. The Kier molecular flexibility index (Phi) is 3.65. The number of imide groups is 1. The zero-order valence-corrected chi connectivity index (χ0v) is 14.8. The molecule has 2 N–H and O–H groups in total. The number of amides is 2. The van der Waals surface area contributed by atoms with E-state index in [9.17, 15) is 19.8 Å². The number of hydrogen-bond acceptors (Lipinski definition) is 7. The highest BCUT2D eigenvalue weighted by molar-refractivity contribution is 6.20. The minimum Gasteiger partial charge on any atom is -0.494 e. The van der Waals surface area contributed by atoms with Crippen molar-refractivity contribution in [1.29, 1.82) is 0 Å². The Bertz CT molecular complexity index is 1230. The molecular formula is C20H13N3O6. The molecule has 0 saturated heterocycles. The second kappa shape index (κ2) is 6.21. The third-order valence-electron chi connectivity index (χ3n) is 4.59. The first-order chi connectivity index (χ1) is 14.0. The number of oxazole rings is 1. The van der Waals surface area contributed by atoms with Crippen LogP contribution < -0.4 is 0 Å². The van der Waals surface area contributed by atoms with Crippen LogP contribution in [0.2, 0.25) is 0 Å². The average Bonchev–Trinajstić information content (AvgIpc) is 3.35. The maximum atomic E-state index is 12.3. The van der Waals surface area contributed by atoms with Gasteiger partial charge in [-0.15, -0.1) is 5.06 Å². The number of carbonyl (C=O) groups is 2. The van der Waals surface area contributed by atoms with Crippen LogP contribution in [0.5, 0.6) is 11.8 Å². The second-order valence-corrected chi connectivity index (χ2v) is 6.41. The summed E-state index contributed by atoms with van der Waals surface area (Å²) in [5.74, 6) is -1.45. The molecule has 9 nitrogen and oxygen atoms in total. The van der Waals surface area contributed by atoms with Crippen molar-refractivity contribution in [3.8, 4) is 17.8 Å². The molecule has 0 atom stereocenters. The van der Waals surface area contributed by atoms with Crippen LogP contribution in [0.1, 0.15) is 26.3 Å². The number of benzene rings is 2. The molecule has 2 aromatic heterocycles. The van der Waals surface area contributed by atoms with Gasteiger partial charge in [-0.1, -0.05) is 18.2 Å². The van der Waals surface area contributed by atoms with Crippen molar-refractivity contribution in [1.82, 2.24) is 14.6 Å². The van der Waals surface area contributed by atoms with E-state index in [2.05, 4.69) is 4.98 Å². The van der Waals surface area contributed by atoms with Gasteiger partial charge in [-0.05, 0) is 29.8 Å². The average molecular weight is 391 g/mol. The maximum absolute atomic E-state index is 12.3. The van der Waals surface area contributed by atoms with E-state index in [0.29, 0.717) is 27.8 Å². The van der Waals surface area contributed by atoms with Crippen LogP contribution in [0.25, 0.3) is 17.1 Å². The van der Waals surface area contributed by atoms with Crippen LogP contribution in [0.4, 0.5) is 0 Å². The Labute approximate surface area is 162 Å². The first-order valence-corrected chi connectivity index (χ1v) is 8.63. The van der Waals surface area contributed by atoms with Crippen molar-refractivity contribution >= 4 is 22.9 Å². The number of hydrogen-bond donors (Lipinski definition) is 2. The van der Waals surface area contributed by atoms with Crippen LogP contribution in [0.3, 0.4) is 0 Å². The SMILES string of the molecule is O=C1c2ccccc2C(=O)N1OCc1ccc2oc(-n3c(O)ccc3O)nc2c1. The summed E-state index contributed by atoms with van der Waals surface area (Å²) in [7, 11) is 0. The molecule has 0 bridgehead atoms. The third kappa shape index (κ3) is 2.64. The quantitative estimate of drug-likeness (QED) is 0.514. The Morgan fingerprint density at radius 2 is 1.59 bits per heavy atom. The highest BCUT2D eigenvalue weighted by atomic mass is 16.7. The molecule has 0 aliphatic carbocycles. The van der Waals surface area contributed by atoms with Gasteiger partial charge in [0.25, 0.3) is 11.8 Å². The monoisotopic (exact) mass is 391 g/mol. The van der Waals surface area contributed by atoms with Gasteiger partial charge in [0.05, 0.1) is 11.1 Å². The summed E-state index contributed by atoms with van der Waals surface area (Å²) in [4.78, 5) is 34.4. The molecule has 0 saturated carbocycles. The molecule has 9 heteroatoms. The molecule has 0 fully saturated rings. The predicted molar refractivity (Wildman–Crippen MR) is 98.4 cm³/mol. The van der Waals surface area contributed by atoms with Gasteiger partial charge in [0.15, 0.2) is 5.58 Å². The minimum atomic E-state index is -0.506. The van der Waals surface area contributed by atoms with Crippen molar-refractivity contribution in [3.05, 3.63) is 71.3 Å². The molecule has 1 aliphatic heterocycles. The fourth-order valence-electron chi connectivity index (χ4n) is 3.18. The van der Waals surface area contributed by atoms with E-state index in [4.69, 9.17) is 9.25 Å². The number of fused-ring (bicyclic) bond motifs is 2. The number of nitrogens with zero attached hydrogens (tertiary/aromatic N) is 3. The molecule has 2 amide bonds. The lowest BCUT2D eigenvalue weighted by Crippen LogP contribution is -2.29. The van der Waals surface area contributed by atoms with Crippen molar-refractivity contribution < 1.29 is 29.1 Å². The molecular weight excluding hydrogens is 378 g/mol. The summed E-state index contributed by atoms with van der Waals surface area (Å²) in [5.41, 5.74) is 2.14. The molecule has 1 aliphatic rings. The first-order valence-electron chi connectivity index (χ1n) is 8.63. The van der Waals surface area contributed by atoms with Crippen LogP contribution in [-0.2, 0) is 11.4 Å². The van der Waals surface area contributed by atoms with Crippen LogP contribution in [-0.4, -0.2) is 36.6 Å². The fraction of sp³-hybridized carbons (Fsp3) is 0.0500. The Hall–Kier alpha value is -4.11. The number of carbonyl (C=O) groups excluding carboxylic acids is 2. The zero-order valence-electron chi connectivity index (χ0n) is 14.8. The molecule has 144 valence electrons. The van der Waals surface area contributed by atoms with Crippen molar-refractivity contribution in [2.24, 2.45) is 0 Å². The highest BCUT2D eigenvalue weighted by Crippen LogP contribution is 2.29. The van der Waals surface area contributed by atoms with Crippen LogP contribution >= 0.6 is 0 Å². The summed E-state index contributed by atoms with van der Waals surface area (Å²) in [5, 5.41) is 20.4. The van der Waals surface area contributed by atoms with Gasteiger partial charge in [0, 0.05) is 12.1 Å². The van der Waals surface area contributed by atoms with Crippen LogP contribution in [0, 0.1) is 0 Å². The normalized spacial score (nSPS) is 13.4. The molecule has 0 spiro atoms. The summed E-state index contributed by atoms with van der Waals surface area (Å²) in [6.45, 7) is -0.0381. The standard InChI is InChI=1S/C20H13N3O6/c24-16-7-8-17(25)22(16)20-21-14-9-11(5-6-15(14)29-20)10-28-23-18(26)12-3-1-2-4-13(12)19(23)27/h1-9,24-25H,10H2. The molecule has 0 unspecified atom stereocenters. The van der Waals surface area contributed by atoms with Crippen LogP contribution in [0.15, 0.2) is 59.0 Å². The largest absolute Gasteiger partial charge is 0.494 e. The Morgan fingerprint density at radius 1 is 0.931 bits per heavy atom. The van der Waals surface area contributed by atoms with E-state index >= 15 is 0 Å². The van der Waals surface area contributed by atoms with Crippen molar-refractivity contribution in [2.45, 2.75) is 6.61 Å². The predicted octanol–water partition coefficient (Wildman–Crippen LogP) is 2.76. The van der Waals surface area contributed by atoms with Crippen molar-refractivity contribution in [2.75, 3.05) is 0 Å². The van der Waals surface area contributed by atoms with E-state index < -0.39 is 11.8 Å². The lowest BCUT2D eigenvalue weighted by Gasteiger charge is -2.13. The van der Waals surface area contributed by atoms with E-state index in [-0.39, 0.29) is 24.4 Å². The number of rotatable bonds is 4. The number of hydroxylamine groups is 2. The number of aromatic hydroxyl groups is 2.